The number of carbonyl (C=O) groups is 1. The maximum Gasteiger partial charge on any atom is 0.166 e. The van der Waals surface area contributed by atoms with Gasteiger partial charge in [-0.05, 0) is 12.8 Å². The van der Waals surface area contributed by atoms with Gasteiger partial charge in [0.2, 0.25) is 0 Å². The minimum absolute atomic E-state index is 0.271. The number of Topliss-reactive ketones (excluding diaryl/α,β-unsaturated/α-hetero) is 1. The molecule has 82 valence electrons. The summed E-state index contributed by atoms with van der Waals surface area (Å²) in [6, 6.07) is 0. The second-order valence-corrected chi connectivity index (χ2v) is 4.55. The number of aryl methyl sites for hydroxylation is 1. The molecule has 0 unspecified atom stereocenters. The molecule has 2 rings (SSSR count). The Hall–Kier alpha value is -1.12. The highest BCUT2D eigenvalue weighted by Gasteiger charge is 2.21. The standard InChI is InChI=1S/C12H18N2O/c1-9-11(8-13-14(9)2)12(15)7-10-5-3-4-6-10/h8,10H,3-7H2,1-2H3. The van der Waals surface area contributed by atoms with Gasteiger partial charge in [0.05, 0.1) is 11.8 Å². The van der Waals surface area contributed by atoms with Crippen molar-refractivity contribution in [2.24, 2.45) is 13.0 Å². The third-order valence-electron chi connectivity index (χ3n) is 3.48. The molecule has 1 aromatic rings. The summed E-state index contributed by atoms with van der Waals surface area (Å²) in [4.78, 5) is 12.0. The third kappa shape index (κ3) is 2.11. The number of hydrogen-bond acceptors (Lipinski definition) is 2. The van der Waals surface area contributed by atoms with Crippen molar-refractivity contribution >= 4 is 5.78 Å². The number of carbonyl (C=O) groups excluding carboxylic acids is 1. The first-order valence-electron chi connectivity index (χ1n) is 5.70. The molecule has 1 saturated carbocycles. The van der Waals surface area contributed by atoms with Gasteiger partial charge in [-0.15, -0.1) is 0 Å². The average molecular weight is 206 g/mol. The lowest BCUT2D eigenvalue weighted by Gasteiger charge is -2.06. The molecule has 0 aromatic carbocycles. The van der Waals surface area contributed by atoms with Crippen LogP contribution in [0, 0.1) is 12.8 Å². The second-order valence-electron chi connectivity index (χ2n) is 4.55. The highest BCUT2D eigenvalue weighted by atomic mass is 16.1. The van der Waals surface area contributed by atoms with Crippen LogP contribution < -0.4 is 0 Å². The van der Waals surface area contributed by atoms with Crippen molar-refractivity contribution in [2.75, 3.05) is 0 Å². The van der Waals surface area contributed by atoms with Crippen molar-refractivity contribution in [3.8, 4) is 0 Å². The van der Waals surface area contributed by atoms with E-state index in [2.05, 4.69) is 5.10 Å². The van der Waals surface area contributed by atoms with E-state index in [4.69, 9.17) is 0 Å². The molecular weight excluding hydrogens is 188 g/mol. The van der Waals surface area contributed by atoms with E-state index in [9.17, 15) is 4.79 Å². The zero-order valence-electron chi connectivity index (χ0n) is 9.49. The molecule has 0 saturated heterocycles. The molecular formula is C12H18N2O. The van der Waals surface area contributed by atoms with Crippen molar-refractivity contribution < 1.29 is 4.79 Å². The van der Waals surface area contributed by atoms with Gasteiger partial charge >= 0.3 is 0 Å². The third-order valence-corrected chi connectivity index (χ3v) is 3.48. The largest absolute Gasteiger partial charge is 0.294 e. The van der Waals surface area contributed by atoms with Crippen LogP contribution in [0.25, 0.3) is 0 Å². The molecule has 0 aliphatic heterocycles. The Morgan fingerprint density at radius 1 is 1.53 bits per heavy atom. The van der Waals surface area contributed by atoms with Gasteiger partial charge in [-0.1, -0.05) is 25.7 Å². The number of rotatable bonds is 3. The molecule has 1 aliphatic rings. The van der Waals surface area contributed by atoms with E-state index < -0.39 is 0 Å². The van der Waals surface area contributed by atoms with Gasteiger partial charge < -0.3 is 0 Å². The lowest BCUT2D eigenvalue weighted by Crippen LogP contribution is -2.07. The highest BCUT2D eigenvalue weighted by Crippen LogP contribution is 2.28. The minimum atomic E-state index is 0.271. The van der Waals surface area contributed by atoms with Crippen molar-refractivity contribution in [2.45, 2.75) is 39.0 Å². The fraction of sp³-hybridized carbons (Fsp3) is 0.667. The molecule has 0 amide bonds. The van der Waals surface area contributed by atoms with Crippen LogP contribution in [0.2, 0.25) is 0 Å². The maximum atomic E-state index is 12.0. The number of nitrogens with zero attached hydrogens (tertiary/aromatic N) is 2. The summed E-state index contributed by atoms with van der Waals surface area (Å²) in [7, 11) is 1.88. The number of aromatic nitrogens is 2. The van der Waals surface area contributed by atoms with E-state index in [0.29, 0.717) is 12.3 Å². The zero-order valence-corrected chi connectivity index (χ0v) is 9.49. The summed E-state index contributed by atoms with van der Waals surface area (Å²) in [5.41, 5.74) is 1.79. The van der Waals surface area contributed by atoms with Gasteiger partial charge in [0, 0.05) is 19.2 Å². The van der Waals surface area contributed by atoms with E-state index >= 15 is 0 Å². The fourth-order valence-electron chi connectivity index (χ4n) is 2.36. The predicted octanol–water partition coefficient (Wildman–Crippen LogP) is 2.49. The molecule has 1 aromatic heterocycles. The summed E-state index contributed by atoms with van der Waals surface area (Å²) in [5.74, 6) is 0.893. The summed E-state index contributed by atoms with van der Waals surface area (Å²) in [6.45, 7) is 1.95. The normalized spacial score (nSPS) is 17.2. The topological polar surface area (TPSA) is 34.9 Å². The first-order valence-corrected chi connectivity index (χ1v) is 5.70. The lowest BCUT2D eigenvalue weighted by molar-refractivity contribution is 0.0961. The first kappa shape index (κ1) is 10.4. The predicted molar refractivity (Wildman–Crippen MR) is 58.9 cm³/mol. The van der Waals surface area contributed by atoms with Crippen LogP contribution >= 0.6 is 0 Å². The van der Waals surface area contributed by atoms with Crippen LogP contribution in [0.5, 0.6) is 0 Å². The number of hydrogen-bond donors (Lipinski definition) is 0. The van der Waals surface area contributed by atoms with Crippen LogP contribution in [-0.4, -0.2) is 15.6 Å². The van der Waals surface area contributed by atoms with Crippen LogP contribution in [-0.2, 0) is 7.05 Å². The number of ketones is 1. The van der Waals surface area contributed by atoms with Crippen molar-refractivity contribution in [3.05, 3.63) is 17.5 Å². The van der Waals surface area contributed by atoms with E-state index in [-0.39, 0.29) is 5.78 Å². The Morgan fingerprint density at radius 3 is 2.73 bits per heavy atom. The molecule has 0 bridgehead atoms. The Labute approximate surface area is 90.5 Å². The van der Waals surface area contributed by atoms with Gasteiger partial charge in [0.1, 0.15) is 0 Å². The Bertz CT molecular complexity index is 362. The molecule has 0 radical (unpaired) electrons. The van der Waals surface area contributed by atoms with E-state index in [1.54, 1.807) is 10.9 Å². The quantitative estimate of drug-likeness (QED) is 0.712. The molecule has 1 aliphatic carbocycles. The molecule has 3 heteroatoms. The van der Waals surface area contributed by atoms with E-state index in [1.807, 2.05) is 14.0 Å². The van der Waals surface area contributed by atoms with Gasteiger partial charge in [0.25, 0.3) is 0 Å². The smallest absolute Gasteiger partial charge is 0.166 e. The zero-order chi connectivity index (χ0) is 10.8. The summed E-state index contributed by atoms with van der Waals surface area (Å²) < 4.78 is 1.77. The molecule has 3 nitrogen and oxygen atoms in total. The second kappa shape index (κ2) is 4.17. The SMILES string of the molecule is Cc1c(C(=O)CC2CCCC2)cnn1C. The van der Waals surface area contributed by atoms with E-state index in [1.165, 1.54) is 25.7 Å². The molecule has 0 N–H and O–H groups in total. The van der Waals surface area contributed by atoms with Crippen LogP contribution in [0.15, 0.2) is 6.20 Å². The van der Waals surface area contributed by atoms with E-state index in [0.717, 1.165) is 11.3 Å². The van der Waals surface area contributed by atoms with Gasteiger partial charge in [-0.2, -0.15) is 5.10 Å². The average Bonchev–Trinajstić information content (AvgIpc) is 2.79. The van der Waals surface area contributed by atoms with Crippen LogP contribution in [0.4, 0.5) is 0 Å². The molecule has 0 atom stereocenters. The summed E-state index contributed by atoms with van der Waals surface area (Å²) in [5, 5.41) is 4.11. The van der Waals surface area contributed by atoms with Crippen LogP contribution in [0.1, 0.15) is 48.2 Å². The molecule has 1 fully saturated rings. The van der Waals surface area contributed by atoms with Crippen molar-refractivity contribution in [3.63, 3.8) is 0 Å². The van der Waals surface area contributed by atoms with Crippen molar-refractivity contribution in [1.29, 1.82) is 0 Å². The molecule has 0 spiro atoms. The monoisotopic (exact) mass is 206 g/mol. The Morgan fingerprint density at radius 2 is 2.20 bits per heavy atom. The van der Waals surface area contributed by atoms with Gasteiger partial charge in [-0.3, -0.25) is 9.48 Å². The Kier molecular flexibility index (Phi) is 2.89. The van der Waals surface area contributed by atoms with Gasteiger partial charge in [-0.25, -0.2) is 0 Å². The highest BCUT2D eigenvalue weighted by molar-refractivity contribution is 5.97. The lowest BCUT2D eigenvalue weighted by atomic mass is 9.97. The first-order chi connectivity index (χ1) is 7.18. The summed E-state index contributed by atoms with van der Waals surface area (Å²) in [6.07, 6.45) is 7.46. The Balaban J connectivity index is 2.04. The molecule has 1 heterocycles. The summed E-state index contributed by atoms with van der Waals surface area (Å²) >= 11 is 0. The maximum absolute atomic E-state index is 12.0. The van der Waals surface area contributed by atoms with Gasteiger partial charge in [0.15, 0.2) is 5.78 Å². The van der Waals surface area contributed by atoms with Crippen molar-refractivity contribution in [1.82, 2.24) is 9.78 Å². The molecule has 15 heavy (non-hydrogen) atoms. The van der Waals surface area contributed by atoms with Crippen LogP contribution in [0.3, 0.4) is 0 Å². The minimum Gasteiger partial charge on any atom is -0.294 e. The fourth-order valence-corrected chi connectivity index (χ4v) is 2.36.